The van der Waals surface area contributed by atoms with Crippen molar-refractivity contribution in [2.45, 2.75) is 10.1 Å². The van der Waals surface area contributed by atoms with E-state index in [-0.39, 0.29) is 27.5 Å². The highest BCUT2D eigenvalue weighted by Gasteiger charge is 2.22. The van der Waals surface area contributed by atoms with Crippen LogP contribution >= 0.6 is 11.8 Å². The number of amides is 1. The Labute approximate surface area is 211 Å². The number of carbonyl (C=O) groups is 1. The molecule has 1 saturated heterocycles. The first kappa shape index (κ1) is 24.0. The smallest absolute Gasteiger partial charge is 0.262 e. The van der Waals surface area contributed by atoms with Gasteiger partial charge in [-0.05, 0) is 36.4 Å². The summed E-state index contributed by atoms with van der Waals surface area (Å²) in [6.45, 7) is 2.76. The molecule has 0 spiro atoms. The van der Waals surface area contributed by atoms with Crippen molar-refractivity contribution in [2.24, 2.45) is 5.14 Å². The molecular formula is C23H23N7O4S2. The number of aromatic nitrogens is 4. The van der Waals surface area contributed by atoms with Gasteiger partial charge in [0.2, 0.25) is 15.9 Å². The van der Waals surface area contributed by atoms with E-state index in [0.29, 0.717) is 29.6 Å². The van der Waals surface area contributed by atoms with E-state index in [1.165, 1.54) is 35.1 Å². The van der Waals surface area contributed by atoms with Gasteiger partial charge in [-0.25, -0.2) is 23.2 Å². The maximum absolute atomic E-state index is 12.8. The molecule has 0 saturated carbocycles. The number of fused-ring (bicyclic) bond motifs is 1. The number of nitrogens with two attached hydrogens (primary N) is 1. The highest BCUT2D eigenvalue weighted by Crippen LogP contribution is 2.20. The summed E-state index contributed by atoms with van der Waals surface area (Å²) >= 11 is 1.15. The molecule has 3 heterocycles. The van der Waals surface area contributed by atoms with Gasteiger partial charge < -0.3 is 14.8 Å². The lowest BCUT2D eigenvalue weighted by molar-refractivity contribution is -0.128. The summed E-state index contributed by atoms with van der Waals surface area (Å²) in [6, 6.07) is 15.9. The molecule has 186 valence electrons. The predicted octanol–water partition coefficient (Wildman–Crippen LogP) is 1.20. The molecule has 2 aromatic heterocycles. The minimum atomic E-state index is -3.83. The van der Waals surface area contributed by atoms with Crippen LogP contribution in [0.3, 0.4) is 0 Å². The second-order valence-corrected chi connectivity index (χ2v) is 10.7. The van der Waals surface area contributed by atoms with Crippen LogP contribution in [0.15, 0.2) is 75.6 Å². The van der Waals surface area contributed by atoms with E-state index >= 15 is 0 Å². The number of piperazine rings is 1. The fraction of sp³-hybridized carbons (Fsp3) is 0.217. The average Bonchev–Trinajstić information content (AvgIpc) is 3.32. The number of anilines is 1. The second kappa shape index (κ2) is 9.76. The molecule has 13 heteroatoms. The van der Waals surface area contributed by atoms with Crippen LogP contribution in [-0.4, -0.2) is 70.9 Å². The van der Waals surface area contributed by atoms with E-state index in [4.69, 9.17) is 5.14 Å². The molecule has 1 amide bonds. The van der Waals surface area contributed by atoms with Gasteiger partial charge in [-0.2, -0.15) is 5.10 Å². The molecule has 2 aromatic carbocycles. The van der Waals surface area contributed by atoms with Crippen LogP contribution in [0.25, 0.3) is 16.7 Å². The molecule has 36 heavy (non-hydrogen) atoms. The van der Waals surface area contributed by atoms with E-state index in [1.807, 2.05) is 23.1 Å². The van der Waals surface area contributed by atoms with Gasteiger partial charge >= 0.3 is 0 Å². The van der Waals surface area contributed by atoms with Crippen LogP contribution in [0.4, 0.5) is 5.69 Å². The maximum Gasteiger partial charge on any atom is 0.262 e. The van der Waals surface area contributed by atoms with Crippen molar-refractivity contribution in [3.05, 3.63) is 71.1 Å². The molecule has 3 N–H and O–H groups in total. The molecule has 1 fully saturated rings. The quantitative estimate of drug-likeness (QED) is 0.282. The molecule has 1 aliphatic heterocycles. The highest BCUT2D eigenvalue weighted by molar-refractivity contribution is 7.99. The van der Waals surface area contributed by atoms with Gasteiger partial charge in [0.15, 0.2) is 10.8 Å². The van der Waals surface area contributed by atoms with Crippen LogP contribution < -0.4 is 15.6 Å². The normalized spacial score (nSPS) is 14.4. The van der Waals surface area contributed by atoms with E-state index in [9.17, 15) is 18.0 Å². The van der Waals surface area contributed by atoms with Crippen LogP contribution in [0.5, 0.6) is 0 Å². The summed E-state index contributed by atoms with van der Waals surface area (Å²) in [6.07, 6.45) is 1.39. The summed E-state index contributed by atoms with van der Waals surface area (Å²) in [5.41, 5.74) is 1.58. The van der Waals surface area contributed by atoms with Crippen molar-refractivity contribution in [3.8, 4) is 5.69 Å². The Bertz CT molecular complexity index is 1560. The number of benzene rings is 2. The SMILES string of the molecule is NS(=O)(=O)c1ccc(-n2ncc3c(=O)[nH]c(SCC(=O)N4CCN(c5ccccc5)CC4)nc32)cc1. The summed E-state index contributed by atoms with van der Waals surface area (Å²) in [4.78, 5) is 36.6. The Balaban J connectivity index is 1.28. The maximum atomic E-state index is 12.8. The summed E-state index contributed by atoms with van der Waals surface area (Å²) in [5, 5.41) is 9.96. The Kier molecular flexibility index (Phi) is 6.51. The molecule has 0 atom stereocenters. The molecular weight excluding hydrogens is 502 g/mol. The minimum Gasteiger partial charge on any atom is -0.368 e. The summed E-state index contributed by atoms with van der Waals surface area (Å²) in [5.74, 6) is 0.110. The minimum absolute atomic E-state index is 0.0254. The van der Waals surface area contributed by atoms with Gasteiger partial charge in [-0.15, -0.1) is 0 Å². The lowest BCUT2D eigenvalue weighted by Gasteiger charge is -2.36. The van der Waals surface area contributed by atoms with Crippen LogP contribution in [0.1, 0.15) is 0 Å². The molecule has 1 aliphatic rings. The van der Waals surface area contributed by atoms with Gasteiger partial charge in [0.05, 0.1) is 22.5 Å². The molecule has 4 aromatic rings. The summed E-state index contributed by atoms with van der Waals surface area (Å²) in [7, 11) is -3.83. The monoisotopic (exact) mass is 525 g/mol. The molecule has 0 aliphatic carbocycles. The van der Waals surface area contributed by atoms with Crippen LogP contribution in [-0.2, 0) is 14.8 Å². The standard InChI is InChI=1S/C23H23N7O4S2/c24-36(33,34)18-8-6-17(7-9-18)30-21-19(14-25-30)22(32)27-23(26-21)35-15-20(31)29-12-10-28(11-13-29)16-4-2-1-3-5-16/h1-9,14H,10-13,15H2,(H2,24,33,34)(H,26,27,32). The molecule has 5 rings (SSSR count). The lowest BCUT2D eigenvalue weighted by Crippen LogP contribution is -2.49. The number of primary sulfonamides is 1. The van der Waals surface area contributed by atoms with Crippen LogP contribution in [0.2, 0.25) is 0 Å². The van der Waals surface area contributed by atoms with Crippen molar-refractivity contribution in [3.63, 3.8) is 0 Å². The van der Waals surface area contributed by atoms with Crippen molar-refractivity contribution < 1.29 is 13.2 Å². The number of nitrogens with zero attached hydrogens (tertiary/aromatic N) is 5. The first-order valence-corrected chi connectivity index (χ1v) is 13.6. The van der Waals surface area contributed by atoms with Gasteiger partial charge in [0.25, 0.3) is 5.56 Å². The number of para-hydroxylation sites is 1. The van der Waals surface area contributed by atoms with Gasteiger partial charge in [0, 0.05) is 31.9 Å². The Morgan fingerprint density at radius 2 is 1.69 bits per heavy atom. The van der Waals surface area contributed by atoms with Crippen molar-refractivity contribution in [1.29, 1.82) is 0 Å². The van der Waals surface area contributed by atoms with Crippen LogP contribution in [0, 0.1) is 0 Å². The van der Waals surface area contributed by atoms with Gasteiger partial charge in [0.1, 0.15) is 5.39 Å². The Morgan fingerprint density at radius 1 is 1.00 bits per heavy atom. The van der Waals surface area contributed by atoms with E-state index in [2.05, 4.69) is 32.1 Å². The number of thioether (sulfide) groups is 1. The number of hydrogen-bond acceptors (Lipinski definition) is 8. The highest BCUT2D eigenvalue weighted by atomic mass is 32.2. The fourth-order valence-electron chi connectivity index (χ4n) is 4.01. The van der Waals surface area contributed by atoms with Crippen molar-refractivity contribution in [2.75, 3.05) is 36.8 Å². The topological polar surface area (TPSA) is 147 Å². The van der Waals surface area contributed by atoms with Gasteiger partial charge in [-0.3, -0.25) is 9.59 Å². The Morgan fingerprint density at radius 3 is 2.36 bits per heavy atom. The zero-order valence-corrected chi connectivity index (χ0v) is 20.7. The molecule has 0 radical (unpaired) electrons. The number of rotatable bonds is 6. The Hall–Kier alpha value is -3.68. The zero-order valence-electron chi connectivity index (χ0n) is 19.1. The number of H-pyrrole nitrogens is 1. The summed E-state index contributed by atoms with van der Waals surface area (Å²) < 4.78 is 24.5. The lowest BCUT2D eigenvalue weighted by atomic mass is 10.2. The number of nitrogens with one attached hydrogen (secondary N) is 1. The third-order valence-electron chi connectivity index (χ3n) is 5.91. The first-order chi connectivity index (χ1) is 17.3. The molecule has 0 unspecified atom stereocenters. The van der Waals surface area contributed by atoms with E-state index in [1.54, 1.807) is 0 Å². The third kappa shape index (κ3) is 4.98. The predicted molar refractivity (Wildman–Crippen MR) is 137 cm³/mol. The second-order valence-electron chi connectivity index (χ2n) is 8.20. The number of aromatic amines is 1. The largest absolute Gasteiger partial charge is 0.368 e. The molecule has 11 nitrogen and oxygen atoms in total. The van der Waals surface area contributed by atoms with Gasteiger partial charge in [-0.1, -0.05) is 30.0 Å². The first-order valence-electron chi connectivity index (χ1n) is 11.1. The average molecular weight is 526 g/mol. The number of sulfonamides is 1. The van der Waals surface area contributed by atoms with Crippen molar-refractivity contribution >= 4 is 44.4 Å². The number of carbonyl (C=O) groups excluding carboxylic acids is 1. The van der Waals surface area contributed by atoms with E-state index < -0.39 is 10.0 Å². The third-order valence-corrected chi connectivity index (χ3v) is 7.70. The van der Waals surface area contributed by atoms with Crippen molar-refractivity contribution in [1.82, 2.24) is 24.6 Å². The van der Waals surface area contributed by atoms with E-state index in [0.717, 1.165) is 30.5 Å². The number of hydrogen-bond donors (Lipinski definition) is 2. The fourth-order valence-corrected chi connectivity index (χ4v) is 5.28. The molecule has 0 bridgehead atoms. The zero-order chi connectivity index (χ0) is 25.3.